The van der Waals surface area contributed by atoms with E-state index in [0.717, 1.165) is 28.5 Å². The Morgan fingerprint density at radius 3 is 2.78 bits per heavy atom. The number of nitrogens with one attached hydrogen (secondary N) is 1. The molecule has 1 saturated heterocycles. The number of fused-ring (bicyclic) bond motifs is 1. The second-order valence-electron chi connectivity index (χ2n) is 6.40. The molecule has 1 aromatic carbocycles. The van der Waals surface area contributed by atoms with Gasteiger partial charge in [0.2, 0.25) is 5.88 Å². The van der Waals surface area contributed by atoms with Gasteiger partial charge in [0.1, 0.15) is 12.1 Å². The number of benzene rings is 1. The van der Waals surface area contributed by atoms with E-state index in [2.05, 4.69) is 20.3 Å². The molecule has 3 heterocycles. The second kappa shape index (κ2) is 7.06. The fraction of sp³-hybridized carbons (Fsp3) is 0.263. The van der Waals surface area contributed by atoms with Crippen molar-refractivity contribution in [1.82, 2.24) is 19.9 Å². The second-order valence-corrected chi connectivity index (χ2v) is 6.40. The van der Waals surface area contributed by atoms with E-state index in [1.54, 1.807) is 13.3 Å². The highest BCUT2D eigenvalue weighted by atomic mass is 16.5. The predicted octanol–water partition coefficient (Wildman–Crippen LogP) is 2.86. The van der Waals surface area contributed by atoms with Crippen LogP contribution >= 0.6 is 0 Å². The van der Waals surface area contributed by atoms with Crippen LogP contribution in [0.4, 0.5) is 10.6 Å². The molecule has 1 fully saturated rings. The van der Waals surface area contributed by atoms with Gasteiger partial charge in [0, 0.05) is 42.3 Å². The average Bonchev–Trinajstić information content (AvgIpc) is 3.17. The number of pyridine rings is 1. The highest BCUT2D eigenvalue weighted by Gasteiger charge is 2.26. The van der Waals surface area contributed by atoms with Gasteiger partial charge in [0.15, 0.2) is 0 Å². The zero-order valence-corrected chi connectivity index (χ0v) is 14.8. The fourth-order valence-corrected chi connectivity index (χ4v) is 3.27. The number of carboxylic acid groups (broad SMARTS) is 1. The van der Waals surface area contributed by atoms with E-state index in [4.69, 9.17) is 9.84 Å². The zero-order valence-electron chi connectivity index (χ0n) is 14.8. The Labute approximate surface area is 155 Å². The van der Waals surface area contributed by atoms with Gasteiger partial charge in [-0.05, 0) is 30.2 Å². The van der Waals surface area contributed by atoms with Crippen molar-refractivity contribution in [3.63, 3.8) is 0 Å². The minimum Gasteiger partial charge on any atom is -0.481 e. The summed E-state index contributed by atoms with van der Waals surface area (Å²) in [7, 11) is 1.59. The molecule has 1 aliphatic rings. The highest BCUT2D eigenvalue weighted by molar-refractivity contribution is 5.92. The Hall–Kier alpha value is -3.42. The number of anilines is 1. The topological polar surface area (TPSA) is 100 Å². The molecule has 8 nitrogen and oxygen atoms in total. The Morgan fingerprint density at radius 2 is 2.07 bits per heavy atom. The van der Waals surface area contributed by atoms with E-state index >= 15 is 0 Å². The van der Waals surface area contributed by atoms with Crippen molar-refractivity contribution >= 4 is 22.8 Å². The van der Waals surface area contributed by atoms with Crippen molar-refractivity contribution in [3.05, 3.63) is 42.9 Å². The van der Waals surface area contributed by atoms with Crippen LogP contribution in [0, 0.1) is 0 Å². The molecule has 0 radical (unpaired) electrons. The largest absolute Gasteiger partial charge is 0.481 e. The van der Waals surface area contributed by atoms with Crippen LogP contribution in [0.2, 0.25) is 0 Å². The Kier molecular flexibility index (Phi) is 4.45. The summed E-state index contributed by atoms with van der Waals surface area (Å²) in [4.78, 5) is 25.5. The third kappa shape index (κ3) is 3.46. The Balaban J connectivity index is 1.64. The number of likely N-dealkylation sites (tertiary alicyclic amines) is 1. The van der Waals surface area contributed by atoms with Gasteiger partial charge in [-0.2, -0.15) is 0 Å². The predicted molar refractivity (Wildman–Crippen MR) is 101 cm³/mol. The maximum absolute atomic E-state index is 11.1. The summed E-state index contributed by atoms with van der Waals surface area (Å²) in [6, 6.07) is 9.76. The molecule has 0 bridgehead atoms. The quantitative estimate of drug-likeness (QED) is 0.733. The Bertz CT molecular complexity index is 977. The molecule has 4 rings (SSSR count). The van der Waals surface area contributed by atoms with Gasteiger partial charge in [-0.1, -0.05) is 6.07 Å². The van der Waals surface area contributed by atoms with E-state index in [0.29, 0.717) is 24.8 Å². The van der Waals surface area contributed by atoms with E-state index in [-0.39, 0.29) is 6.04 Å². The molecule has 1 atom stereocenters. The van der Waals surface area contributed by atoms with Crippen LogP contribution in [0.5, 0.6) is 5.88 Å². The van der Waals surface area contributed by atoms with Gasteiger partial charge in [0.25, 0.3) is 0 Å². The van der Waals surface area contributed by atoms with E-state index in [1.165, 1.54) is 11.2 Å². The number of hydrogen-bond acceptors (Lipinski definition) is 6. The number of ether oxygens (including phenoxy) is 1. The third-order valence-electron chi connectivity index (χ3n) is 4.71. The summed E-state index contributed by atoms with van der Waals surface area (Å²) in [5, 5.41) is 13.4. The van der Waals surface area contributed by atoms with Crippen LogP contribution in [0.25, 0.3) is 22.0 Å². The maximum atomic E-state index is 11.1. The van der Waals surface area contributed by atoms with Gasteiger partial charge in [-0.15, -0.1) is 0 Å². The van der Waals surface area contributed by atoms with Crippen molar-refractivity contribution in [3.8, 4) is 17.0 Å². The van der Waals surface area contributed by atoms with E-state index in [1.807, 2.05) is 30.3 Å². The lowest BCUT2D eigenvalue weighted by Gasteiger charge is -2.16. The minimum atomic E-state index is -0.888. The van der Waals surface area contributed by atoms with Crippen LogP contribution in [0.15, 0.2) is 42.9 Å². The van der Waals surface area contributed by atoms with E-state index in [9.17, 15) is 4.79 Å². The lowest BCUT2D eigenvalue weighted by molar-refractivity contribution is 0.155. The summed E-state index contributed by atoms with van der Waals surface area (Å²) in [6.07, 6.45) is 3.14. The van der Waals surface area contributed by atoms with Crippen LogP contribution in [0.1, 0.15) is 6.42 Å². The molecule has 1 amide bonds. The standard InChI is InChI=1S/C19H19N5O3/c1-27-17-5-3-13(9-20-17)12-2-4-16-15(8-12)18(22-11-21-16)23-14-6-7-24(10-14)19(25)26/h2-5,8-9,11,14H,6-7,10H2,1H3,(H,25,26)(H,21,22,23). The number of aromatic nitrogens is 3. The van der Waals surface area contributed by atoms with E-state index < -0.39 is 6.09 Å². The SMILES string of the molecule is COc1ccc(-c2ccc3ncnc(NC4CCN(C(=O)O)C4)c3c2)cn1. The molecule has 2 aromatic heterocycles. The zero-order chi connectivity index (χ0) is 18.8. The molecular formula is C19H19N5O3. The smallest absolute Gasteiger partial charge is 0.407 e. The molecule has 0 saturated carbocycles. The first-order valence-electron chi connectivity index (χ1n) is 8.63. The maximum Gasteiger partial charge on any atom is 0.407 e. The summed E-state index contributed by atoms with van der Waals surface area (Å²) in [5.41, 5.74) is 2.78. The minimum absolute atomic E-state index is 0.0329. The third-order valence-corrected chi connectivity index (χ3v) is 4.71. The van der Waals surface area contributed by atoms with Gasteiger partial charge in [-0.3, -0.25) is 0 Å². The van der Waals surface area contributed by atoms with Gasteiger partial charge in [0.05, 0.1) is 12.6 Å². The highest BCUT2D eigenvalue weighted by Crippen LogP contribution is 2.28. The molecule has 0 spiro atoms. The molecule has 1 unspecified atom stereocenters. The molecule has 1 aliphatic heterocycles. The number of carbonyl (C=O) groups is 1. The first kappa shape index (κ1) is 17.0. The van der Waals surface area contributed by atoms with Crippen LogP contribution in [0.3, 0.4) is 0 Å². The number of methoxy groups -OCH3 is 1. The lowest BCUT2D eigenvalue weighted by Crippen LogP contribution is -2.30. The van der Waals surface area contributed by atoms with Crippen molar-refractivity contribution in [2.45, 2.75) is 12.5 Å². The molecule has 27 heavy (non-hydrogen) atoms. The molecule has 0 aliphatic carbocycles. The summed E-state index contributed by atoms with van der Waals surface area (Å²) >= 11 is 0. The number of amides is 1. The van der Waals surface area contributed by atoms with Crippen molar-refractivity contribution in [2.75, 3.05) is 25.5 Å². The summed E-state index contributed by atoms with van der Waals surface area (Å²) in [6.45, 7) is 0.974. The average molecular weight is 365 g/mol. The fourth-order valence-electron chi connectivity index (χ4n) is 3.27. The molecule has 138 valence electrons. The Morgan fingerprint density at radius 1 is 1.22 bits per heavy atom. The monoisotopic (exact) mass is 365 g/mol. The first-order valence-corrected chi connectivity index (χ1v) is 8.63. The van der Waals surface area contributed by atoms with Crippen molar-refractivity contribution in [2.24, 2.45) is 0 Å². The van der Waals surface area contributed by atoms with Crippen molar-refractivity contribution in [1.29, 1.82) is 0 Å². The van der Waals surface area contributed by atoms with Crippen molar-refractivity contribution < 1.29 is 14.6 Å². The lowest BCUT2D eigenvalue weighted by atomic mass is 10.0. The molecule has 8 heteroatoms. The van der Waals surface area contributed by atoms with Crippen LogP contribution < -0.4 is 10.1 Å². The van der Waals surface area contributed by atoms with Crippen LogP contribution in [-0.2, 0) is 0 Å². The number of rotatable bonds is 4. The molecule has 3 aromatic rings. The number of hydrogen-bond donors (Lipinski definition) is 2. The van der Waals surface area contributed by atoms with Crippen LogP contribution in [-0.4, -0.2) is 57.3 Å². The van der Waals surface area contributed by atoms with Gasteiger partial charge in [-0.25, -0.2) is 19.7 Å². The normalized spacial score (nSPS) is 16.5. The number of nitrogens with zero attached hydrogens (tertiary/aromatic N) is 4. The molecule has 2 N–H and O–H groups in total. The molecular weight excluding hydrogens is 346 g/mol. The van der Waals surface area contributed by atoms with Gasteiger partial charge >= 0.3 is 6.09 Å². The summed E-state index contributed by atoms with van der Waals surface area (Å²) in [5.74, 6) is 1.27. The summed E-state index contributed by atoms with van der Waals surface area (Å²) < 4.78 is 5.11. The first-order chi connectivity index (χ1) is 13.1. The van der Waals surface area contributed by atoms with Gasteiger partial charge < -0.3 is 20.1 Å².